The SMILES string of the molecule is CCOC(C)(C)OC1COC(C(O)C=O)CC1OC. The van der Waals surface area contributed by atoms with Gasteiger partial charge in [0.25, 0.3) is 0 Å². The second kappa shape index (κ2) is 7.31. The minimum atomic E-state index is -1.13. The van der Waals surface area contributed by atoms with E-state index in [1.165, 1.54) is 0 Å². The normalized spacial score (nSPS) is 30.1. The van der Waals surface area contributed by atoms with Gasteiger partial charge < -0.3 is 28.8 Å². The van der Waals surface area contributed by atoms with Crippen LogP contribution in [-0.4, -0.2) is 61.9 Å². The van der Waals surface area contributed by atoms with Crippen molar-refractivity contribution in [3.63, 3.8) is 0 Å². The Bertz CT molecular complexity index is 280. The van der Waals surface area contributed by atoms with E-state index in [0.29, 0.717) is 19.3 Å². The molecule has 4 unspecified atom stereocenters. The average molecular weight is 276 g/mol. The zero-order valence-corrected chi connectivity index (χ0v) is 12.0. The molecule has 0 aromatic rings. The molecule has 6 heteroatoms. The summed E-state index contributed by atoms with van der Waals surface area (Å²) in [5.74, 6) is -0.727. The molecule has 0 aromatic carbocycles. The van der Waals surface area contributed by atoms with Crippen LogP contribution in [0.1, 0.15) is 27.2 Å². The third-order valence-corrected chi connectivity index (χ3v) is 3.10. The maximum Gasteiger partial charge on any atom is 0.163 e. The minimum Gasteiger partial charge on any atom is -0.383 e. The molecular weight excluding hydrogens is 252 g/mol. The first-order chi connectivity index (χ1) is 8.93. The van der Waals surface area contributed by atoms with Gasteiger partial charge >= 0.3 is 0 Å². The van der Waals surface area contributed by atoms with Crippen molar-refractivity contribution < 1.29 is 28.8 Å². The molecule has 0 radical (unpaired) electrons. The number of aliphatic hydroxyl groups excluding tert-OH is 1. The molecule has 4 atom stereocenters. The highest BCUT2D eigenvalue weighted by atomic mass is 16.7. The molecular formula is C13H24O6. The van der Waals surface area contributed by atoms with Crippen molar-refractivity contribution in [1.29, 1.82) is 0 Å². The Morgan fingerprint density at radius 3 is 2.68 bits per heavy atom. The van der Waals surface area contributed by atoms with E-state index in [1.807, 2.05) is 20.8 Å². The van der Waals surface area contributed by atoms with Crippen LogP contribution in [-0.2, 0) is 23.7 Å². The molecule has 1 heterocycles. The smallest absolute Gasteiger partial charge is 0.163 e. The predicted molar refractivity (Wildman–Crippen MR) is 67.8 cm³/mol. The molecule has 19 heavy (non-hydrogen) atoms. The molecule has 1 aliphatic rings. The van der Waals surface area contributed by atoms with Crippen LogP contribution in [0.2, 0.25) is 0 Å². The highest BCUT2D eigenvalue weighted by Gasteiger charge is 2.38. The van der Waals surface area contributed by atoms with Crippen molar-refractivity contribution in [3.05, 3.63) is 0 Å². The molecule has 0 bridgehead atoms. The summed E-state index contributed by atoms with van der Waals surface area (Å²) < 4.78 is 22.1. The first kappa shape index (κ1) is 16.5. The van der Waals surface area contributed by atoms with E-state index in [-0.39, 0.29) is 18.8 Å². The Balaban J connectivity index is 2.59. The highest BCUT2D eigenvalue weighted by Crippen LogP contribution is 2.25. The van der Waals surface area contributed by atoms with Crippen LogP contribution in [0.25, 0.3) is 0 Å². The number of carbonyl (C=O) groups is 1. The van der Waals surface area contributed by atoms with E-state index < -0.39 is 18.0 Å². The molecule has 0 aliphatic carbocycles. The molecule has 1 N–H and O–H groups in total. The fourth-order valence-corrected chi connectivity index (χ4v) is 2.20. The van der Waals surface area contributed by atoms with E-state index >= 15 is 0 Å². The van der Waals surface area contributed by atoms with Gasteiger partial charge in [-0.15, -0.1) is 0 Å². The Morgan fingerprint density at radius 1 is 1.47 bits per heavy atom. The standard InChI is InChI=1S/C13H24O6/c1-5-18-13(2,3)19-12-8-17-10(9(15)7-14)6-11(12)16-4/h7,9-12,15H,5-6,8H2,1-4H3. The zero-order valence-electron chi connectivity index (χ0n) is 12.0. The second-order valence-corrected chi connectivity index (χ2v) is 5.00. The summed E-state index contributed by atoms with van der Waals surface area (Å²) in [5.41, 5.74) is 0. The highest BCUT2D eigenvalue weighted by molar-refractivity contribution is 5.56. The topological polar surface area (TPSA) is 74.2 Å². The van der Waals surface area contributed by atoms with Gasteiger partial charge in [0.1, 0.15) is 12.2 Å². The van der Waals surface area contributed by atoms with Gasteiger partial charge in [0.15, 0.2) is 12.1 Å². The van der Waals surface area contributed by atoms with Crippen molar-refractivity contribution >= 4 is 6.29 Å². The van der Waals surface area contributed by atoms with Gasteiger partial charge in [0, 0.05) is 20.1 Å². The third-order valence-electron chi connectivity index (χ3n) is 3.10. The maximum absolute atomic E-state index is 10.6. The number of aldehydes is 1. The number of methoxy groups -OCH3 is 1. The third kappa shape index (κ3) is 4.81. The molecule has 0 spiro atoms. The zero-order chi connectivity index (χ0) is 14.5. The van der Waals surface area contributed by atoms with Gasteiger partial charge in [0.2, 0.25) is 0 Å². The van der Waals surface area contributed by atoms with Gasteiger partial charge in [-0.1, -0.05) is 0 Å². The van der Waals surface area contributed by atoms with E-state index in [4.69, 9.17) is 18.9 Å². The van der Waals surface area contributed by atoms with E-state index in [2.05, 4.69) is 0 Å². The fourth-order valence-electron chi connectivity index (χ4n) is 2.20. The van der Waals surface area contributed by atoms with Gasteiger partial charge in [-0.25, -0.2) is 0 Å². The lowest BCUT2D eigenvalue weighted by atomic mass is 10.00. The monoisotopic (exact) mass is 276 g/mol. The molecule has 6 nitrogen and oxygen atoms in total. The lowest BCUT2D eigenvalue weighted by Gasteiger charge is -2.39. The van der Waals surface area contributed by atoms with Gasteiger partial charge in [-0.05, 0) is 20.8 Å². The number of hydrogen-bond acceptors (Lipinski definition) is 6. The number of carbonyl (C=O) groups excluding carboxylic acids is 1. The van der Waals surface area contributed by atoms with Crippen molar-refractivity contribution in [1.82, 2.24) is 0 Å². The molecule has 1 rings (SSSR count). The number of rotatable bonds is 7. The Labute approximate surface area is 114 Å². The molecule has 1 saturated heterocycles. The number of hydrogen-bond donors (Lipinski definition) is 1. The van der Waals surface area contributed by atoms with Crippen LogP contribution in [0.4, 0.5) is 0 Å². The Hall–Kier alpha value is -0.530. The summed E-state index contributed by atoms with van der Waals surface area (Å²) in [7, 11) is 1.57. The van der Waals surface area contributed by atoms with Crippen LogP contribution in [0, 0.1) is 0 Å². The van der Waals surface area contributed by atoms with Crippen LogP contribution >= 0.6 is 0 Å². The molecule has 112 valence electrons. The summed E-state index contributed by atoms with van der Waals surface area (Å²) in [6, 6.07) is 0. The van der Waals surface area contributed by atoms with Gasteiger partial charge in [-0.2, -0.15) is 0 Å². The second-order valence-electron chi connectivity index (χ2n) is 5.00. The average Bonchev–Trinajstić information content (AvgIpc) is 2.37. The predicted octanol–water partition coefficient (Wildman–Crippen LogP) is 0.508. The van der Waals surface area contributed by atoms with Crippen LogP contribution in [0.5, 0.6) is 0 Å². The molecule has 1 fully saturated rings. The lowest BCUT2D eigenvalue weighted by molar-refractivity contribution is -0.278. The van der Waals surface area contributed by atoms with Gasteiger partial charge in [-0.3, -0.25) is 0 Å². The summed E-state index contributed by atoms with van der Waals surface area (Å²) in [6.07, 6.45) is -1.32. The van der Waals surface area contributed by atoms with E-state index in [1.54, 1.807) is 7.11 Å². The quantitative estimate of drug-likeness (QED) is 0.539. The number of ether oxygens (including phenoxy) is 4. The maximum atomic E-state index is 10.6. The first-order valence-electron chi connectivity index (χ1n) is 6.53. The van der Waals surface area contributed by atoms with Gasteiger partial charge in [0.05, 0.1) is 18.8 Å². The molecule has 0 saturated carbocycles. The summed E-state index contributed by atoms with van der Waals surface area (Å²) >= 11 is 0. The summed E-state index contributed by atoms with van der Waals surface area (Å²) in [5, 5.41) is 9.48. The van der Waals surface area contributed by atoms with E-state index in [0.717, 1.165) is 0 Å². The molecule has 0 aromatic heterocycles. The van der Waals surface area contributed by atoms with Crippen LogP contribution in [0.3, 0.4) is 0 Å². The van der Waals surface area contributed by atoms with Crippen molar-refractivity contribution in [2.45, 2.75) is 57.4 Å². The van der Waals surface area contributed by atoms with Crippen LogP contribution < -0.4 is 0 Å². The first-order valence-corrected chi connectivity index (χ1v) is 6.53. The Morgan fingerprint density at radius 2 is 2.16 bits per heavy atom. The van der Waals surface area contributed by atoms with Crippen LogP contribution in [0.15, 0.2) is 0 Å². The lowest BCUT2D eigenvalue weighted by Crippen LogP contribution is -2.51. The minimum absolute atomic E-state index is 0.243. The van der Waals surface area contributed by atoms with Crippen molar-refractivity contribution in [3.8, 4) is 0 Å². The fraction of sp³-hybridized carbons (Fsp3) is 0.923. The number of aliphatic hydroxyl groups is 1. The molecule has 1 aliphatic heterocycles. The summed E-state index contributed by atoms with van der Waals surface area (Å²) in [4.78, 5) is 10.6. The summed E-state index contributed by atoms with van der Waals surface area (Å²) in [6.45, 7) is 6.35. The van der Waals surface area contributed by atoms with Crippen molar-refractivity contribution in [2.24, 2.45) is 0 Å². The Kier molecular flexibility index (Phi) is 6.35. The van der Waals surface area contributed by atoms with Crippen molar-refractivity contribution in [2.75, 3.05) is 20.3 Å². The largest absolute Gasteiger partial charge is 0.383 e. The molecule has 0 amide bonds. The van der Waals surface area contributed by atoms with E-state index in [9.17, 15) is 9.90 Å².